The van der Waals surface area contributed by atoms with Gasteiger partial charge in [-0.25, -0.2) is 14.4 Å². The van der Waals surface area contributed by atoms with E-state index in [1.54, 1.807) is 17.0 Å². The van der Waals surface area contributed by atoms with Crippen LogP contribution in [0.5, 0.6) is 0 Å². The molecule has 8 nitrogen and oxygen atoms in total. The van der Waals surface area contributed by atoms with E-state index in [4.69, 9.17) is 5.73 Å². The molecule has 0 spiro atoms. The number of piperazine rings is 1. The molecule has 1 aliphatic rings. The van der Waals surface area contributed by atoms with Gasteiger partial charge in [0.2, 0.25) is 5.91 Å². The lowest BCUT2D eigenvalue weighted by Gasteiger charge is -2.36. The highest BCUT2D eigenvalue weighted by molar-refractivity contribution is 5.96. The van der Waals surface area contributed by atoms with Crippen molar-refractivity contribution in [1.82, 2.24) is 20.2 Å². The molecule has 1 aromatic heterocycles. The molecule has 1 fully saturated rings. The second-order valence-corrected chi connectivity index (χ2v) is 6.14. The summed E-state index contributed by atoms with van der Waals surface area (Å²) in [5, 5.41) is 2.63. The molecule has 2 amide bonds. The molecule has 3 rings (SSSR count). The van der Waals surface area contributed by atoms with E-state index in [0.29, 0.717) is 26.2 Å². The minimum atomic E-state index is -0.450. The van der Waals surface area contributed by atoms with Gasteiger partial charge in [-0.05, 0) is 24.3 Å². The minimum Gasteiger partial charge on any atom is -0.382 e. The number of rotatable bonds is 5. The Balaban J connectivity index is 1.42. The monoisotopic (exact) mass is 372 g/mol. The largest absolute Gasteiger partial charge is 0.382 e. The highest BCUT2D eigenvalue weighted by Crippen LogP contribution is 2.17. The maximum atomic E-state index is 13.0. The molecule has 0 bridgehead atoms. The lowest BCUT2D eigenvalue weighted by molar-refractivity contribution is -0.131. The Morgan fingerprint density at radius 2 is 1.74 bits per heavy atom. The molecule has 27 heavy (non-hydrogen) atoms. The number of nitrogens with two attached hydrogens (primary N) is 1. The van der Waals surface area contributed by atoms with Gasteiger partial charge in [0.25, 0.3) is 5.91 Å². The van der Waals surface area contributed by atoms with Crippen LogP contribution in [0.2, 0.25) is 0 Å². The zero-order chi connectivity index (χ0) is 19.2. The lowest BCUT2D eigenvalue weighted by atomic mass is 10.2. The Labute approximate surface area is 156 Å². The predicted molar refractivity (Wildman–Crippen MR) is 98.6 cm³/mol. The summed E-state index contributed by atoms with van der Waals surface area (Å²) in [5.41, 5.74) is 6.60. The summed E-state index contributed by atoms with van der Waals surface area (Å²) < 4.78 is 13.0. The maximum Gasteiger partial charge on any atom is 0.273 e. The van der Waals surface area contributed by atoms with Gasteiger partial charge in [-0.3, -0.25) is 9.59 Å². The van der Waals surface area contributed by atoms with Crippen LogP contribution < -0.4 is 16.0 Å². The number of carbonyl (C=O) groups is 2. The van der Waals surface area contributed by atoms with Gasteiger partial charge >= 0.3 is 0 Å². The molecule has 1 aromatic carbocycles. The number of nitrogens with zero attached hydrogens (tertiary/aromatic N) is 4. The van der Waals surface area contributed by atoms with Gasteiger partial charge in [0.15, 0.2) is 11.5 Å². The zero-order valence-corrected chi connectivity index (χ0v) is 14.8. The first kappa shape index (κ1) is 18.6. The van der Waals surface area contributed by atoms with Crippen molar-refractivity contribution >= 4 is 23.3 Å². The van der Waals surface area contributed by atoms with Gasteiger partial charge in [-0.1, -0.05) is 0 Å². The van der Waals surface area contributed by atoms with Gasteiger partial charge in [0.05, 0.1) is 0 Å². The molecule has 2 aromatic rings. The topological polar surface area (TPSA) is 104 Å². The molecule has 3 N–H and O–H groups in total. The molecule has 142 valence electrons. The first-order chi connectivity index (χ1) is 13.0. The SMILES string of the molecule is Nc1nccnc1C(=O)NCCC(=O)N1CCN(c2ccc(F)cc2)CC1. The molecule has 9 heteroatoms. The van der Waals surface area contributed by atoms with Crippen LogP contribution in [-0.4, -0.2) is 59.4 Å². The van der Waals surface area contributed by atoms with Crippen LogP contribution in [0, 0.1) is 5.82 Å². The Hall–Kier alpha value is -3.23. The summed E-state index contributed by atoms with van der Waals surface area (Å²) in [6.07, 6.45) is 2.99. The van der Waals surface area contributed by atoms with Crippen molar-refractivity contribution < 1.29 is 14.0 Å². The van der Waals surface area contributed by atoms with Crippen LogP contribution in [0.3, 0.4) is 0 Å². The van der Waals surface area contributed by atoms with Crippen molar-refractivity contribution in [3.05, 3.63) is 48.2 Å². The quantitative estimate of drug-likeness (QED) is 0.799. The molecule has 0 unspecified atom stereocenters. The molecular weight excluding hydrogens is 351 g/mol. The minimum absolute atomic E-state index is 0.0267. The predicted octanol–water partition coefficient (Wildman–Crippen LogP) is 0.667. The van der Waals surface area contributed by atoms with E-state index in [2.05, 4.69) is 20.2 Å². The van der Waals surface area contributed by atoms with Gasteiger partial charge in [-0.15, -0.1) is 0 Å². The standard InChI is InChI=1S/C18H21FN6O2/c19-13-1-3-14(4-2-13)24-9-11-25(12-10-24)15(26)5-6-23-18(27)16-17(20)22-8-7-21-16/h1-4,7-8H,5-6,9-12H2,(H2,20,22)(H,23,27). The molecule has 0 atom stereocenters. The second-order valence-electron chi connectivity index (χ2n) is 6.14. The van der Waals surface area contributed by atoms with Crippen molar-refractivity contribution in [2.24, 2.45) is 0 Å². The fraction of sp³-hybridized carbons (Fsp3) is 0.333. The molecule has 2 heterocycles. The number of nitrogen functional groups attached to an aromatic ring is 1. The number of amides is 2. The molecule has 0 saturated carbocycles. The molecule has 1 aliphatic heterocycles. The van der Waals surface area contributed by atoms with Crippen molar-refractivity contribution in [3.63, 3.8) is 0 Å². The van der Waals surface area contributed by atoms with E-state index < -0.39 is 5.91 Å². The third-order valence-corrected chi connectivity index (χ3v) is 4.39. The van der Waals surface area contributed by atoms with Crippen LogP contribution in [-0.2, 0) is 4.79 Å². The van der Waals surface area contributed by atoms with Crippen LogP contribution in [0.25, 0.3) is 0 Å². The fourth-order valence-electron chi connectivity index (χ4n) is 2.91. The number of benzene rings is 1. The van der Waals surface area contributed by atoms with E-state index in [0.717, 1.165) is 5.69 Å². The van der Waals surface area contributed by atoms with Crippen molar-refractivity contribution in [2.45, 2.75) is 6.42 Å². The van der Waals surface area contributed by atoms with E-state index in [9.17, 15) is 14.0 Å². The maximum absolute atomic E-state index is 13.0. The van der Waals surface area contributed by atoms with Crippen molar-refractivity contribution in [1.29, 1.82) is 0 Å². The highest BCUT2D eigenvalue weighted by Gasteiger charge is 2.21. The van der Waals surface area contributed by atoms with E-state index in [1.807, 2.05) is 0 Å². The fourth-order valence-corrected chi connectivity index (χ4v) is 2.91. The van der Waals surface area contributed by atoms with Crippen LogP contribution in [0.1, 0.15) is 16.9 Å². The van der Waals surface area contributed by atoms with Crippen molar-refractivity contribution in [3.8, 4) is 0 Å². The summed E-state index contributed by atoms with van der Waals surface area (Å²) in [6, 6.07) is 6.33. The third-order valence-electron chi connectivity index (χ3n) is 4.39. The zero-order valence-electron chi connectivity index (χ0n) is 14.8. The average Bonchev–Trinajstić information content (AvgIpc) is 2.69. The first-order valence-electron chi connectivity index (χ1n) is 8.67. The lowest BCUT2D eigenvalue weighted by Crippen LogP contribution is -2.49. The van der Waals surface area contributed by atoms with E-state index in [-0.39, 0.29) is 36.2 Å². The van der Waals surface area contributed by atoms with Crippen LogP contribution in [0.15, 0.2) is 36.7 Å². The van der Waals surface area contributed by atoms with Gasteiger partial charge < -0.3 is 20.9 Å². The second kappa shape index (κ2) is 8.43. The number of halogens is 1. The van der Waals surface area contributed by atoms with Gasteiger partial charge in [-0.2, -0.15) is 0 Å². The Kier molecular flexibility index (Phi) is 5.80. The number of hydrogen-bond donors (Lipinski definition) is 2. The normalized spacial score (nSPS) is 14.1. The Bertz CT molecular complexity index is 806. The number of hydrogen-bond acceptors (Lipinski definition) is 6. The highest BCUT2D eigenvalue weighted by atomic mass is 19.1. The first-order valence-corrected chi connectivity index (χ1v) is 8.67. The molecule has 1 saturated heterocycles. The Morgan fingerprint density at radius 1 is 1.07 bits per heavy atom. The molecule has 0 radical (unpaired) electrons. The van der Waals surface area contributed by atoms with E-state index in [1.165, 1.54) is 24.5 Å². The summed E-state index contributed by atoms with van der Waals surface area (Å²) in [6.45, 7) is 2.73. The molecule has 0 aliphatic carbocycles. The molecular formula is C18H21FN6O2. The number of aromatic nitrogens is 2. The summed E-state index contributed by atoms with van der Waals surface area (Å²) in [4.78, 5) is 35.9. The number of anilines is 2. The average molecular weight is 372 g/mol. The van der Waals surface area contributed by atoms with Crippen LogP contribution >= 0.6 is 0 Å². The summed E-state index contributed by atoms with van der Waals surface area (Å²) in [5.74, 6) is -0.688. The smallest absolute Gasteiger partial charge is 0.273 e. The van der Waals surface area contributed by atoms with Crippen LogP contribution in [0.4, 0.5) is 15.9 Å². The third kappa shape index (κ3) is 4.69. The Morgan fingerprint density at radius 3 is 2.41 bits per heavy atom. The summed E-state index contributed by atoms with van der Waals surface area (Å²) >= 11 is 0. The summed E-state index contributed by atoms with van der Waals surface area (Å²) in [7, 11) is 0. The van der Waals surface area contributed by atoms with Gasteiger partial charge in [0.1, 0.15) is 5.82 Å². The number of carbonyl (C=O) groups excluding carboxylic acids is 2. The van der Waals surface area contributed by atoms with E-state index >= 15 is 0 Å². The van der Waals surface area contributed by atoms with Gasteiger partial charge in [0, 0.05) is 57.2 Å². The van der Waals surface area contributed by atoms with Crippen molar-refractivity contribution in [2.75, 3.05) is 43.4 Å². The number of nitrogens with one attached hydrogen (secondary N) is 1.